The number of hydrogen-bond donors (Lipinski definition) is 0. The molecule has 3 aromatic rings. The van der Waals surface area contributed by atoms with Crippen LogP contribution in [-0.2, 0) is 19.3 Å². The number of piperidine rings is 1. The summed E-state index contributed by atoms with van der Waals surface area (Å²) in [6.07, 6.45) is -0.908. The lowest BCUT2D eigenvalue weighted by Crippen LogP contribution is -2.37. The summed E-state index contributed by atoms with van der Waals surface area (Å²) >= 11 is 0. The molecule has 0 spiro atoms. The van der Waals surface area contributed by atoms with Gasteiger partial charge in [-0.15, -0.1) is 0 Å². The van der Waals surface area contributed by atoms with Crippen molar-refractivity contribution >= 4 is 11.0 Å². The van der Waals surface area contributed by atoms with Crippen molar-refractivity contribution in [2.24, 2.45) is 0 Å². The molecule has 0 amide bonds. The zero-order chi connectivity index (χ0) is 29.4. The molecule has 0 N–H and O–H groups in total. The Labute approximate surface area is 188 Å². The van der Waals surface area contributed by atoms with Crippen LogP contribution in [0.2, 0.25) is 0 Å². The number of nitrogens with zero attached hydrogens (tertiary/aromatic N) is 4. The van der Waals surface area contributed by atoms with Gasteiger partial charge in [0.2, 0.25) is 0 Å². The highest BCUT2D eigenvalue weighted by molar-refractivity contribution is 5.79. The van der Waals surface area contributed by atoms with Crippen LogP contribution < -0.4 is 5.56 Å². The van der Waals surface area contributed by atoms with Gasteiger partial charge in [-0.1, -0.05) is 5.16 Å². The second-order valence-electron chi connectivity index (χ2n) is 7.62. The Morgan fingerprint density at radius 1 is 1.33 bits per heavy atom. The first-order chi connectivity index (χ1) is 18.6. The number of hydrogen-bond acceptors (Lipinski definition) is 5. The molecule has 1 aromatic carbocycles. The highest BCUT2D eigenvalue weighted by atomic mass is 19.1. The Kier molecular flexibility index (Phi) is 2.96. The normalized spacial score (nSPS) is 24.3. The van der Waals surface area contributed by atoms with E-state index in [-0.39, 0.29) is 55.0 Å². The van der Waals surface area contributed by atoms with E-state index in [4.69, 9.17) is 18.2 Å². The molecule has 0 radical (unpaired) electrons. The molecule has 2 aliphatic rings. The van der Waals surface area contributed by atoms with Crippen LogP contribution in [0.25, 0.3) is 11.0 Å². The maximum absolute atomic E-state index is 14.1. The maximum Gasteiger partial charge on any atom is 0.256 e. The molecule has 7 heteroatoms. The molecule has 0 bridgehead atoms. The number of rotatable bonds is 4. The first-order valence-electron chi connectivity index (χ1n) is 15.0. The third kappa shape index (κ3) is 3.55. The van der Waals surface area contributed by atoms with Crippen LogP contribution in [0.3, 0.4) is 0 Å². The van der Waals surface area contributed by atoms with E-state index in [0.717, 1.165) is 0 Å². The highest BCUT2D eigenvalue weighted by Gasteiger charge is 2.25. The molecule has 2 aliphatic heterocycles. The fourth-order valence-electron chi connectivity index (χ4n) is 4.12. The first-order valence-corrected chi connectivity index (χ1v) is 10.0. The fraction of sp³-hybridized carbons (Fsp3) is 0.522. The molecule has 5 rings (SSSR count). The number of fused-ring (bicyclic) bond motifs is 2. The molecule has 6 nitrogen and oxygen atoms in total. The lowest BCUT2D eigenvalue weighted by molar-refractivity contribution is 0.211. The third-order valence-corrected chi connectivity index (χ3v) is 5.74. The Morgan fingerprint density at radius 2 is 2.20 bits per heavy atom. The van der Waals surface area contributed by atoms with Gasteiger partial charge in [-0.2, -0.15) is 0 Å². The van der Waals surface area contributed by atoms with E-state index < -0.39 is 66.4 Å². The van der Waals surface area contributed by atoms with Crippen LogP contribution in [0.4, 0.5) is 4.39 Å². The van der Waals surface area contributed by atoms with E-state index in [1.807, 2.05) is 0 Å². The standard InChI is InChI=1S/C23H27FN4O2/c1-15-18(23(29)28-10-3-2-4-21(28)25-15)9-13-27-11-7-16(8-12-27)22-19-6-5-17(24)14-20(19)30-26-22/h5-6,14,16H,2-4,7-13H2,1H3/i1D3,5D,6D,9D2,13D2,14D. The van der Waals surface area contributed by atoms with E-state index in [1.54, 1.807) is 0 Å². The second kappa shape index (κ2) is 7.95. The fourth-order valence-corrected chi connectivity index (χ4v) is 4.12. The molecule has 30 heavy (non-hydrogen) atoms. The summed E-state index contributed by atoms with van der Waals surface area (Å²) in [5.41, 5.74) is -2.43. The topological polar surface area (TPSA) is 64.2 Å². The number of aryl methyl sites for hydroxylation is 2. The molecule has 0 saturated carbocycles. The molecular weight excluding hydrogens is 383 g/mol. The minimum Gasteiger partial charge on any atom is -0.356 e. The number of halogens is 1. The van der Waals surface area contributed by atoms with Gasteiger partial charge in [0.25, 0.3) is 5.56 Å². The van der Waals surface area contributed by atoms with Gasteiger partial charge in [-0.05, 0) is 64.1 Å². The number of aromatic nitrogens is 3. The molecule has 158 valence electrons. The quantitative estimate of drug-likeness (QED) is 0.645. The smallest absolute Gasteiger partial charge is 0.256 e. The van der Waals surface area contributed by atoms with Crippen molar-refractivity contribution in [2.45, 2.75) is 57.8 Å². The van der Waals surface area contributed by atoms with Crippen molar-refractivity contribution in [2.75, 3.05) is 19.6 Å². The van der Waals surface area contributed by atoms with Crippen LogP contribution in [0.1, 0.15) is 68.1 Å². The van der Waals surface area contributed by atoms with Gasteiger partial charge in [0.1, 0.15) is 11.6 Å². The van der Waals surface area contributed by atoms with Gasteiger partial charge in [-0.25, -0.2) is 9.37 Å². The maximum atomic E-state index is 14.1. The molecule has 0 unspecified atom stereocenters. The van der Waals surface area contributed by atoms with Crippen molar-refractivity contribution in [1.29, 1.82) is 0 Å². The molecule has 4 heterocycles. The van der Waals surface area contributed by atoms with E-state index in [2.05, 4.69) is 10.1 Å². The van der Waals surface area contributed by atoms with Crippen molar-refractivity contribution in [1.82, 2.24) is 19.6 Å². The van der Waals surface area contributed by atoms with E-state index in [1.165, 1.54) is 9.47 Å². The first kappa shape index (κ1) is 11.2. The summed E-state index contributed by atoms with van der Waals surface area (Å²) in [4.78, 5) is 18.8. The van der Waals surface area contributed by atoms with Crippen LogP contribution in [0.5, 0.6) is 0 Å². The summed E-state index contributed by atoms with van der Waals surface area (Å²) in [5.74, 6) is -1.35. The van der Waals surface area contributed by atoms with E-state index in [0.29, 0.717) is 19.3 Å². The van der Waals surface area contributed by atoms with Crippen LogP contribution in [0, 0.1) is 12.7 Å². The van der Waals surface area contributed by atoms with Crippen LogP contribution in [-0.4, -0.2) is 39.2 Å². The predicted molar refractivity (Wildman–Crippen MR) is 112 cm³/mol. The Hall–Kier alpha value is -2.54. The third-order valence-electron chi connectivity index (χ3n) is 5.74. The van der Waals surface area contributed by atoms with Crippen molar-refractivity contribution < 1.29 is 22.6 Å². The molecule has 0 aliphatic carbocycles. The van der Waals surface area contributed by atoms with Gasteiger partial charge in [-0.3, -0.25) is 9.36 Å². The largest absolute Gasteiger partial charge is 0.356 e. The minimum atomic E-state index is -3.04. The van der Waals surface area contributed by atoms with Crippen LogP contribution >= 0.6 is 0 Å². The Balaban J connectivity index is 1.47. The number of benzene rings is 1. The predicted octanol–water partition coefficient (Wildman–Crippen LogP) is 3.59. The monoisotopic (exact) mass is 420 g/mol. The average molecular weight is 421 g/mol. The summed E-state index contributed by atoms with van der Waals surface area (Å²) in [6.45, 7) is -5.55. The molecule has 1 saturated heterocycles. The van der Waals surface area contributed by atoms with Crippen molar-refractivity contribution in [3.05, 3.63) is 57.1 Å². The van der Waals surface area contributed by atoms with Gasteiger partial charge < -0.3 is 9.42 Å². The van der Waals surface area contributed by atoms with Gasteiger partial charge >= 0.3 is 0 Å². The summed E-state index contributed by atoms with van der Waals surface area (Å²) in [7, 11) is 0. The summed E-state index contributed by atoms with van der Waals surface area (Å²) < 4.78 is 103. The molecule has 1 fully saturated rings. The Morgan fingerprint density at radius 3 is 3.03 bits per heavy atom. The SMILES string of the molecule is [2H]c1c(F)c([2H])c2onc(C3CCN(C([2H])([2H])C([2H])([2H])c4c(C([2H])([2H])[2H])nc5n(c4=O)CCCC5)CC3)c2c1[2H]. The highest BCUT2D eigenvalue weighted by Crippen LogP contribution is 2.32. The van der Waals surface area contributed by atoms with Gasteiger partial charge in [0, 0.05) is 57.7 Å². The number of likely N-dealkylation sites (tertiary alicyclic amines) is 1. The second-order valence-corrected chi connectivity index (χ2v) is 7.62. The minimum absolute atomic E-state index is 0.0235. The summed E-state index contributed by atoms with van der Waals surface area (Å²) in [5, 5.41) is 3.98. The molecular formula is C23H27FN4O2. The van der Waals surface area contributed by atoms with E-state index >= 15 is 0 Å². The zero-order valence-electron chi connectivity index (χ0n) is 26.2. The zero-order valence-corrected chi connectivity index (χ0v) is 16.2. The van der Waals surface area contributed by atoms with Gasteiger partial charge in [0.15, 0.2) is 5.58 Å². The van der Waals surface area contributed by atoms with Gasteiger partial charge in [0.05, 0.1) is 9.81 Å². The van der Waals surface area contributed by atoms with E-state index in [9.17, 15) is 9.18 Å². The molecule has 2 aromatic heterocycles. The summed E-state index contributed by atoms with van der Waals surface area (Å²) in [6, 6.07) is -1.89. The Bertz CT molecular complexity index is 1540. The van der Waals surface area contributed by atoms with Crippen molar-refractivity contribution in [3.8, 4) is 0 Å². The molecule has 0 atom stereocenters. The van der Waals surface area contributed by atoms with Crippen LogP contribution in [0.15, 0.2) is 27.4 Å². The lowest BCUT2D eigenvalue weighted by atomic mass is 9.91. The lowest BCUT2D eigenvalue weighted by Gasteiger charge is -2.31. The van der Waals surface area contributed by atoms with Crippen molar-refractivity contribution in [3.63, 3.8) is 0 Å². The average Bonchev–Trinajstić information content (AvgIpc) is 3.35.